The van der Waals surface area contributed by atoms with Crippen molar-refractivity contribution in [3.05, 3.63) is 76.0 Å². The molecule has 0 spiro atoms. The normalized spacial score (nSPS) is 17.0. The lowest BCUT2D eigenvalue weighted by molar-refractivity contribution is -0.137. The van der Waals surface area contributed by atoms with Crippen molar-refractivity contribution in [2.24, 2.45) is 0 Å². The molecule has 1 atom stereocenters. The van der Waals surface area contributed by atoms with Crippen LogP contribution in [0.3, 0.4) is 0 Å². The smallest absolute Gasteiger partial charge is 0.327 e. The number of para-hydroxylation sites is 1. The molecule has 3 N–H and O–H groups in total. The SMILES string of the molecule is CC1=C(C(=O)Nc2ccccc2C(F)(F)F)[C@@H](c2ccccc2Cl)NC(=O)N1. The summed E-state index contributed by atoms with van der Waals surface area (Å²) in [5.41, 5.74) is -0.619. The molecular formula is C19H15ClF3N3O2. The van der Waals surface area contributed by atoms with Crippen LogP contribution >= 0.6 is 11.6 Å². The minimum atomic E-state index is -4.63. The van der Waals surface area contributed by atoms with Gasteiger partial charge in [-0.3, -0.25) is 4.79 Å². The molecule has 146 valence electrons. The highest BCUT2D eigenvalue weighted by Gasteiger charge is 2.36. The average molecular weight is 410 g/mol. The number of carbonyl (C=O) groups is 2. The molecule has 28 heavy (non-hydrogen) atoms. The Morgan fingerprint density at radius 2 is 1.75 bits per heavy atom. The number of nitrogens with one attached hydrogen (secondary N) is 3. The Kier molecular flexibility index (Phi) is 5.33. The number of alkyl halides is 3. The number of urea groups is 1. The Morgan fingerprint density at radius 1 is 1.11 bits per heavy atom. The molecule has 0 aromatic heterocycles. The van der Waals surface area contributed by atoms with Gasteiger partial charge in [-0.2, -0.15) is 13.2 Å². The maximum atomic E-state index is 13.2. The van der Waals surface area contributed by atoms with E-state index < -0.39 is 29.7 Å². The lowest BCUT2D eigenvalue weighted by atomic mass is 9.94. The van der Waals surface area contributed by atoms with Gasteiger partial charge in [0.25, 0.3) is 5.91 Å². The van der Waals surface area contributed by atoms with Gasteiger partial charge in [0.15, 0.2) is 0 Å². The number of allylic oxidation sites excluding steroid dienone is 1. The number of hydrogen-bond acceptors (Lipinski definition) is 2. The molecule has 9 heteroatoms. The van der Waals surface area contributed by atoms with Gasteiger partial charge in [0.05, 0.1) is 22.9 Å². The summed E-state index contributed by atoms with van der Waals surface area (Å²) < 4.78 is 39.6. The first-order valence-corrected chi connectivity index (χ1v) is 8.56. The average Bonchev–Trinajstić information content (AvgIpc) is 2.61. The molecule has 0 radical (unpaired) electrons. The molecule has 0 unspecified atom stereocenters. The van der Waals surface area contributed by atoms with Gasteiger partial charge in [0.1, 0.15) is 0 Å². The van der Waals surface area contributed by atoms with E-state index in [2.05, 4.69) is 16.0 Å². The van der Waals surface area contributed by atoms with Crippen molar-refractivity contribution < 1.29 is 22.8 Å². The van der Waals surface area contributed by atoms with Gasteiger partial charge >= 0.3 is 12.2 Å². The van der Waals surface area contributed by atoms with Crippen LogP contribution in [0, 0.1) is 0 Å². The van der Waals surface area contributed by atoms with E-state index in [0.717, 1.165) is 12.1 Å². The zero-order valence-corrected chi connectivity index (χ0v) is 15.3. The third-order valence-electron chi connectivity index (χ3n) is 4.21. The third-order valence-corrected chi connectivity index (χ3v) is 4.55. The number of carbonyl (C=O) groups excluding carboxylic acids is 2. The second kappa shape index (κ2) is 7.55. The van der Waals surface area contributed by atoms with E-state index in [4.69, 9.17) is 11.6 Å². The lowest BCUT2D eigenvalue weighted by Gasteiger charge is -2.29. The van der Waals surface area contributed by atoms with E-state index in [1.54, 1.807) is 24.3 Å². The van der Waals surface area contributed by atoms with Crippen LogP contribution in [0.1, 0.15) is 24.1 Å². The zero-order valence-electron chi connectivity index (χ0n) is 14.5. The standard InChI is InChI=1S/C19H15ClF3N3O2/c1-10-15(16(26-18(28)24-10)11-6-2-4-8-13(11)20)17(27)25-14-9-5-3-7-12(14)19(21,22)23/h2-9,16H,1H3,(H,25,27)(H2,24,26,28)/t16-/m1/s1. The topological polar surface area (TPSA) is 70.2 Å². The molecular weight excluding hydrogens is 395 g/mol. The molecule has 3 amide bonds. The van der Waals surface area contributed by atoms with Crippen molar-refractivity contribution in [3.63, 3.8) is 0 Å². The number of hydrogen-bond donors (Lipinski definition) is 3. The predicted octanol–water partition coefficient (Wildman–Crippen LogP) is 4.63. The number of amides is 3. The monoisotopic (exact) mass is 409 g/mol. The van der Waals surface area contributed by atoms with Gasteiger partial charge in [-0.15, -0.1) is 0 Å². The van der Waals surface area contributed by atoms with Crippen LogP contribution in [0.25, 0.3) is 0 Å². The molecule has 0 saturated heterocycles. The summed E-state index contributed by atoms with van der Waals surface area (Å²) in [6.07, 6.45) is -4.63. The van der Waals surface area contributed by atoms with E-state index in [9.17, 15) is 22.8 Å². The summed E-state index contributed by atoms with van der Waals surface area (Å²) in [6.45, 7) is 1.49. The minimum absolute atomic E-state index is 0.0599. The fourth-order valence-electron chi connectivity index (χ4n) is 2.97. The fourth-order valence-corrected chi connectivity index (χ4v) is 3.21. The molecule has 1 heterocycles. The highest BCUT2D eigenvalue weighted by Crippen LogP contribution is 2.36. The summed E-state index contributed by atoms with van der Waals surface area (Å²) in [6, 6.07) is 9.78. The first-order chi connectivity index (χ1) is 13.2. The molecule has 0 fully saturated rings. The largest absolute Gasteiger partial charge is 0.418 e. The summed E-state index contributed by atoms with van der Waals surface area (Å²) in [4.78, 5) is 24.8. The molecule has 2 aromatic rings. The third kappa shape index (κ3) is 3.96. The summed E-state index contributed by atoms with van der Waals surface area (Å²) in [5.74, 6) is -0.786. The Hall–Kier alpha value is -3.00. The van der Waals surface area contributed by atoms with Crippen molar-refractivity contribution in [2.75, 3.05) is 5.32 Å². The van der Waals surface area contributed by atoms with Gasteiger partial charge in [-0.25, -0.2) is 4.79 Å². The summed E-state index contributed by atoms with van der Waals surface area (Å²) >= 11 is 6.19. The van der Waals surface area contributed by atoms with Crippen LogP contribution in [-0.4, -0.2) is 11.9 Å². The van der Waals surface area contributed by atoms with Crippen LogP contribution < -0.4 is 16.0 Å². The summed E-state index contributed by atoms with van der Waals surface area (Å²) in [5, 5.41) is 7.66. The highest BCUT2D eigenvalue weighted by molar-refractivity contribution is 6.31. The predicted molar refractivity (Wildman–Crippen MR) is 98.6 cm³/mol. The number of anilines is 1. The molecule has 3 rings (SSSR count). The number of rotatable bonds is 3. The van der Waals surface area contributed by atoms with Gasteiger partial charge in [0.2, 0.25) is 0 Å². The summed E-state index contributed by atoms with van der Waals surface area (Å²) in [7, 11) is 0. The van der Waals surface area contributed by atoms with Crippen molar-refractivity contribution in [1.82, 2.24) is 10.6 Å². The van der Waals surface area contributed by atoms with Crippen LogP contribution in [0.15, 0.2) is 59.8 Å². The first kappa shape index (κ1) is 19.8. The number of benzene rings is 2. The Labute approximate surface area is 163 Å². The Bertz CT molecular complexity index is 973. The molecule has 0 aliphatic carbocycles. The highest BCUT2D eigenvalue weighted by atomic mass is 35.5. The van der Waals surface area contributed by atoms with Crippen LogP contribution in [0.4, 0.5) is 23.7 Å². The van der Waals surface area contributed by atoms with E-state index in [1.807, 2.05) is 0 Å². The Balaban J connectivity index is 2.01. The molecule has 1 aliphatic rings. The van der Waals surface area contributed by atoms with Crippen LogP contribution in [-0.2, 0) is 11.0 Å². The molecule has 1 aliphatic heterocycles. The maximum Gasteiger partial charge on any atom is 0.418 e. The van der Waals surface area contributed by atoms with Gasteiger partial charge < -0.3 is 16.0 Å². The second-order valence-corrected chi connectivity index (χ2v) is 6.50. The Morgan fingerprint density at radius 3 is 2.43 bits per heavy atom. The maximum absolute atomic E-state index is 13.2. The van der Waals surface area contributed by atoms with E-state index in [1.165, 1.54) is 19.1 Å². The molecule has 2 aromatic carbocycles. The van der Waals surface area contributed by atoms with Crippen molar-refractivity contribution >= 4 is 29.2 Å². The second-order valence-electron chi connectivity index (χ2n) is 6.09. The lowest BCUT2D eigenvalue weighted by Crippen LogP contribution is -2.46. The van der Waals surface area contributed by atoms with Gasteiger partial charge in [-0.1, -0.05) is 41.9 Å². The number of halogens is 4. The van der Waals surface area contributed by atoms with E-state index in [0.29, 0.717) is 10.6 Å². The van der Waals surface area contributed by atoms with Gasteiger partial charge in [0, 0.05) is 10.7 Å². The van der Waals surface area contributed by atoms with Crippen molar-refractivity contribution in [1.29, 1.82) is 0 Å². The van der Waals surface area contributed by atoms with Crippen molar-refractivity contribution in [3.8, 4) is 0 Å². The minimum Gasteiger partial charge on any atom is -0.327 e. The zero-order chi connectivity index (χ0) is 20.5. The molecule has 0 bridgehead atoms. The molecule has 5 nitrogen and oxygen atoms in total. The molecule has 0 saturated carbocycles. The fraction of sp³-hybridized carbons (Fsp3) is 0.158. The van der Waals surface area contributed by atoms with Gasteiger partial charge in [-0.05, 0) is 30.7 Å². The van der Waals surface area contributed by atoms with E-state index in [-0.39, 0.29) is 17.0 Å². The van der Waals surface area contributed by atoms with Crippen LogP contribution in [0.2, 0.25) is 5.02 Å². The quantitative estimate of drug-likeness (QED) is 0.692. The van der Waals surface area contributed by atoms with Crippen molar-refractivity contribution in [2.45, 2.75) is 19.1 Å². The first-order valence-electron chi connectivity index (χ1n) is 8.18. The van der Waals surface area contributed by atoms with E-state index >= 15 is 0 Å². The van der Waals surface area contributed by atoms with Crippen LogP contribution in [0.5, 0.6) is 0 Å².